The Labute approximate surface area is 108 Å². The Morgan fingerprint density at radius 3 is 2.76 bits per heavy atom. The number of nitrogens with one attached hydrogen (secondary N) is 1. The molecule has 4 heteroatoms. The van der Waals surface area contributed by atoms with Crippen LogP contribution in [0.2, 0.25) is 0 Å². The summed E-state index contributed by atoms with van der Waals surface area (Å²) >= 11 is 1.73. The highest BCUT2D eigenvalue weighted by Crippen LogP contribution is 2.15. The molecule has 17 heavy (non-hydrogen) atoms. The highest BCUT2D eigenvalue weighted by molar-refractivity contribution is 7.09. The maximum Gasteiger partial charge on any atom is 0.0794 e. The average molecular weight is 253 g/mol. The number of hydrogen-bond donors (Lipinski definition) is 1. The molecular formula is C13H23N3S. The standard InChI is InChI=1S/C13H23N3S/c1-12(13-10-14-11-17-13)15-6-9-16-7-4-2-3-5-8-16/h10-12,15H,2-9H2,1H3. The number of rotatable bonds is 5. The van der Waals surface area contributed by atoms with Crippen LogP contribution in [0.5, 0.6) is 0 Å². The maximum absolute atomic E-state index is 4.12. The van der Waals surface area contributed by atoms with Crippen molar-refractivity contribution in [2.75, 3.05) is 26.2 Å². The van der Waals surface area contributed by atoms with Crippen molar-refractivity contribution in [2.24, 2.45) is 0 Å². The van der Waals surface area contributed by atoms with E-state index in [0.717, 1.165) is 6.54 Å². The van der Waals surface area contributed by atoms with Crippen LogP contribution in [0.15, 0.2) is 11.7 Å². The molecule has 0 radical (unpaired) electrons. The predicted molar refractivity (Wildman–Crippen MR) is 73.4 cm³/mol. The Kier molecular flexibility index (Phi) is 5.42. The lowest BCUT2D eigenvalue weighted by molar-refractivity contribution is 0.280. The molecular weight excluding hydrogens is 230 g/mol. The second-order valence-electron chi connectivity index (χ2n) is 4.84. The Morgan fingerprint density at radius 1 is 1.35 bits per heavy atom. The van der Waals surface area contributed by atoms with Crippen molar-refractivity contribution >= 4 is 11.3 Å². The zero-order chi connectivity index (χ0) is 11.9. The topological polar surface area (TPSA) is 28.2 Å². The summed E-state index contributed by atoms with van der Waals surface area (Å²) < 4.78 is 0. The summed E-state index contributed by atoms with van der Waals surface area (Å²) in [4.78, 5) is 8.05. The van der Waals surface area contributed by atoms with E-state index in [1.165, 1.54) is 50.2 Å². The highest BCUT2D eigenvalue weighted by Gasteiger charge is 2.10. The molecule has 1 N–H and O–H groups in total. The van der Waals surface area contributed by atoms with E-state index in [9.17, 15) is 0 Å². The van der Waals surface area contributed by atoms with Crippen LogP contribution in [0, 0.1) is 0 Å². The third-order valence-corrected chi connectivity index (χ3v) is 4.41. The van der Waals surface area contributed by atoms with Gasteiger partial charge in [-0.3, -0.25) is 4.98 Å². The minimum absolute atomic E-state index is 0.439. The van der Waals surface area contributed by atoms with Crippen LogP contribution in [0.25, 0.3) is 0 Å². The summed E-state index contributed by atoms with van der Waals surface area (Å²) in [5, 5.41) is 3.58. The average Bonchev–Trinajstić information content (AvgIpc) is 2.75. The summed E-state index contributed by atoms with van der Waals surface area (Å²) in [5.74, 6) is 0. The minimum atomic E-state index is 0.439. The molecule has 0 spiro atoms. The smallest absolute Gasteiger partial charge is 0.0794 e. The van der Waals surface area contributed by atoms with Gasteiger partial charge in [-0.05, 0) is 32.9 Å². The SMILES string of the molecule is CC(NCCN1CCCCCC1)c1cncs1. The number of aromatic nitrogens is 1. The van der Waals surface area contributed by atoms with E-state index in [1.807, 2.05) is 11.7 Å². The summed E-state index contributed by atoms with van der Waals surface area (Å²) in [6, 6.07) is 0.439. The van der Waals surface area contributed by atoms with Crippen molar-refractivity contribution in [3.8, 4) is 0 Å². The van der Waals surface area contributed by atoms with E-state index in [0.29, 0.717) is 6.04 Å². The molecule has 1 aliphatic rings. The summed E-state index contributed by atoms with van der Waals surface area (Å²) in [6.07, 6.45) is 7.56. The van der Waals surface area contributed by atoms with E-state index >= 15 is 0 Å². The van der Waals surface area contributed by atoms with Crippen molar-refractivity contribution < 1.29 is 0 Å². The van der Waals surface area contributed by atoms with Crippen molar-refractivity contribution in [3.63, 3.8) is 0 Å². The first kappa shape index (κ1) is 13.0. The van der Waals surface area contributed by atoms with Gasteiger partial charge in [0.05, 0.1) is 5.51 Å². The van der Waals surface area contributed by atoms with Gasteiger partial charge in [0.2, 0.25) is 0 Å². The fourth-order valence-electron chi connectivity index (χ4n) is 2.34. The predicted octanol–water partition coefficient (Wildman–Crippen LogP) is 2.67. The normalized spacial score (nSPS) is 20.1. The minimum Gasteiger partial charge on any atom is -0.308 e. The second kappa shape index (κ2) is 7.09. The molecule has 1 saturated heterocycles. The molecule has 0 aromatic carbocycles. The molecule has 0 aliphatic carbocycles. The maximum atomic E-state index is 4.12. The van der Waals surface area contributed by atoms with Crippen molar-refractivity contribution in [1.29, 1.82) is 0 Å². The van der Waals surface area contributed by atoms with Crippen molar-refractivity contribution in [3.05, 3.63) is 16.6 Å². The first-order valence-electron chi connectivity index (χ1n) is 6.70. The monoisotopic (exact) mass is 253 g/mol. The van der Waals surface area contributed by atoms with Crippen LogP contribution in [0.1, 0.15) is 43.5 Å². The largest absolute Gasteiger partial charge is 0.308 e. The van der Waals surface area contributed by atoms with Gasteiger partial charge in [0.15, 0.2) is 0 Å². The van der Waals surface area contributed by atoms with E-state index in [1.54, 1.807) is 11.3 Å². The Morgan fingerprint density at radius 2 is 2.12 bits per heavy atom. The third-order valence-electron chi connectivity index (χ3n) is 3.46. The molecule has 2 heterocycles. The van der Waals surface area contributed by atoms with Gasteiger partial charge in [-0.1, -0.05) is 12.8 Å². The molecule has 2 rings (SSSR count). The van der Waals surface area contributed by atoms with E-state index in [2.05, 4.69) is 22.1 Å². The van der Waals surface area contributed by atoms with Gasteiger partial charge >= 0.3 is 0 Å². The van der Waals surface area contributed by atoms with Crippen molar-refractivity contribution in [2.45, 2.75) is 38.6 Å². The third kappa shape index (κ3) is 4.37. The zero-order valence-electron chi connectivity index (χ0n) is 10.7. The van der Waals surface area contributed by atoms with E-state index in [-0.39, 0.29) is 0 Å². The lowest BCUT2D eigenvalue weighted by atomic mass is 10.2. The van der Waals surface area contributed by atoms with Crippen LogP contribution in [0.4, 0.5) is 0 Å². The van der Waals surface area contributed by atoms with Gasteiger partial charge in [0.1, 0.15) is 0 Å². The van der Waals surface area contributed by atoms with Crippen LogP contribution in [-0.2, 0) is 0 Å². The van der Waals surface area contributed by atoms with Crippen LogP contribution < -0.4 is 5.32 Å². The van der Waals surface area contributed by atoms with Gasteiger partial charge in [0, 0.05) is 30.2 Å². The van der Waals surface area contributed by atoms with E-state index < -0.39 is 0 Å². The van der Waals surface area contributed by atoms with Gasteiger partial charge in [-0.15, -0.1) is 11.3 Å². The Bertz CT molecular complexity index is 292. The van der Waals surface area contributed by atoms with Gasteiger partial charge in [-0.2, -0.15) is 0 Å². The summed E-state index contributed by atoms with van der Waals surface area (Å²) in [5.41, 5.74) is 1.91. The highest BCUT2D eigenvalue weighted by atomic mass is 32.1. The van der Waals surface area contributed by atoms with Crippen LogP contribution in [-0.4, -0.2) is 36.1 Å². The van der Waals surface area contributed by atoms with Gasteiger partial charge < -0.3 is 10.2 Å². The fraction of sp³-hybridized carbons (Fsp3) is 0.769. The molecule has 1 atom stereocenters. The molecule has 1 aliphatic heterocycles. The second-order valence-corrected chi connectivity index (χ2v) is 5.75. The molecule has 3 nitrogen and oxygen atoms in total. The summed E-state index contributed by atoms with van der Waals surface area (Å²) in [7, 11) is 0. The van der Waals surface area contributed by atoms with Crippen LogP contribution in [0.3, 0.4) is 0 Å². The number of hydrogen-bond acceptors (Lipinski definition) is 4. The first-order valence-corrected chi connectivity index (χ1v) is 7.58. The lowest BCUT2D eigenvalue weighted by Gasteiger charge is -2.21. The number of nitrogens with zero attached hydrogens (tertiary/aromatic N) is 2. The fourth-order valence-corrected chi connectivity index (χ4v) is 2.99. The van der Waals surface area contributed by atoms with Gasteiger partial charge in [0.25, 0.3) is 0 Å². The van der Waals surface area contributed by atoms with Crippen LogP contribution >= 0.6 is 11.3 Å². The van der Waals surface area contributed by atoms with Crippen molar-refractivity contribution in [1.82, 2.24) is 15.2 Å². The first-order chi connectivity index (χ1) is 8.36. The lowest BCUT2D eigenvalue weighted by Crippen LogP contribution is -2.33. The molecule has 1 aromatic rings. The van der Waals surface area contributed by atoms with Gasteiger partial charge in [-0.25, -0.2) is 0 Å². The molecule has 1 fully saturated rings. The molecule has 1 aromatic heterocycles. The Hall–Kier alpha value is -0.450. The van der Waals surface area contributed by atoms with E-state index in [4.69, 9.17) is 0 Å². The zero-order valence-corrected chi connectivity index (χ0v) is 11.5. The molecule has 96 valence electrons. The number of thiazole rings is 1. The molecule has 0 saturated carbocycles. The molecule has 0 bridgehead atoms. The molecule has 0 amide bonds. The molecule has 1 unspecified atom stereocenters. The quantitative estimate of drug-likeness (QED) is 0.874. The summed E-state index contributed by atoms with van der Waals surface area (Å²) in [6.45, 7) is 7.06. The number of likely N-dealkylation sites (tertiary alicyclic amines) is 1. The Balaban J connectivity index is 1.65.